The van der Waals surface area contributed by atoms with E-state index < -0.39 is 16.0 Å². The van der Waals surface area contributed by atoms with Crippen LogP contribution in [0.15, 0.2) is 53.4 Å². The Labute approximate surface area is 180 Å². The fourth-order valence-corrected chi connectivity index (χ4v) is 3.79. The molecule has 1 amide bonds. The molecule has 1 unspecified atom stereocenters. The molecule has 162 valence electrons. The maximum Gasteiger partial charge on any atom is 0.305 e. The number of carbonyl (C=O) groups excluding carboxylic acids is 1. The van der Waals surface area contributed by atoms with Gasteiger partial charge in [-0.1, -0.05) is 30.7 Å². The Morgan fingerprint density at radius 1 is 1.07 bits per heavy atom. The largest absolute Gasteiger partial charge is 0.481 e. The molecule has 1 atom stereocenters. The number of carboxylic acids is 1. The number of rotatable bonds is 11. The molecule has 0 aromatic heterocycles. The second-order valence-corrected chi connectivity index (χ2v) is 8.88. The molecule has 8 nitrogen and oxygen atoms in total. The molecule has 0 saturated carbocycles. The molecule has 0 heterocycles. The van der Waals surface area contributed by atoms with Crippen LogP contribution in [0.1, 0.15) is 24.8 Å². The minimum absolute atomic E-state index is 0.0232. The first-order valence-electron chi connectivity index (χ1n) is 9.25. The predicted molar refractivity (Wildman–Crippen MR) is 115 cm³/mol. The van der Waals surface area contributed by atoms with Crippen molar-refractivity contribution in [3.05, 3.63) is 59.1 Å². The number of nitrogens with one attached hydrogen (secondary N) is 3. The van der Waals surface area contributed by atoms with Crippen molar-refractivity contribution in [3.8, 4) is 0 Å². The molecule has 0 spiro atoms. The Bertz CT molecular complexity index is 963. The van der Waals surface area contributed by atoms with E-state index in [1.54, 1.807) is 12.1 Å². The molecule has 2 aromatic carbocycles. The highest BCUT2D eigenvalue weighted by Crippen LogP contribution is 2.19. The van der Waals surface area contributed by atoms with Crippen molar-refractivity contribution < 1.29 is 23.1 Å². The van der Waals surface area contributed by atoms with E-state index >= 15 is 0 Å². The van der Waals surface area contributed by atoms with Crippen molar-refractivity contribution in [3.63, 3.8) is 0 Å². The van der Waals surface area contributed by atoms with Gasteiger partial charge in [0.1, 0.15) is 0 Å². The van der Waals surface area contributed by atoms with Crippen LogP contribution in [0, 0.1) is 0 Å². The Balaban J connectivity index is 1.83. The number of hydrogen-bond donors (Lipinski definition) is 4. The van der Waals surface area contributed by atoms with Gasteiger partial charge in [0.05, 0.1) is 17.9 Å². The van der Waals surface area contributed by atoms with Crippen molar-refractivity contribution in [1.82, 2.24) is 10.0 Å². The molecule has 10 heteroatoms. The number of carbonyl (C=O) groups is 2. The van der Waals surface area contributed by atoms with Gasteiger partial charge in [-0.3, -0.25) is 9.59 Å². The van der Waals surface area contributed by atoms with Gasteiger partial charge in [-0.25, -0.2) is 13.1 Å². The molecule has 0 bridgehead atoms. The Morgan fingerprint density at radius 2 is 1.70 bits per heavy atom. The van der Waals surface area contributed by atoms with Crippen LogP contribution in [0.4, 0.5) is 5.69 Å². The van der Waals surface area contributed by atoms with Gasteiger partial charge in [0.15, 0.2) is 0 Å². The summed E-state index contributed by atoms with van der Waals surface area (Å²) in [5, 5.41) is 14.5. The van der Waals surface area contributed by atoms with Gasteiger partial charge in [-0.05, 0) is 47.9 Å². The minimum Gasteiger partial charge on any atom is -0.481 e. The van der Waals surface area contributed by atoms with Crippen LogP contribution in [0.5, 0.6) is 0 Å². The summed E-state index contributed by atoms with van der Waals surface area (Å²) in [6, 6.07) is 13.3. The summed E-state index contributed by atoms with van der Waals surface area (Å²) < 4.78 is 27.3. The van der Waals surface area contributed by atoms with Crippen molar-refractivity contribution in [2.24, 2.45) is 0 Å². The maximum absolute atomic E-state index is 12.4. The topological polar surface area (TPSA) is 125 Å². The number of sulfonamides is 1. The molecule has 0 fully saturated rings. The molecule has 0 aliphatic heterocycles. The van der Waals surface area contributed by atoms with Gasteiger partial charge in [0, 0.05) is 23.8 Å². The number of benzene rings is 2. The van der Waals surface area contributed by atoms with Crippen LogP contribution in [-0.4, -0.2) is 45.0 Å². The lowest BCUT2D eigenvalue weighted by Gasteiger charge is -2.14. The number of anilines is 1. The summed E-state index contributed by atoms with van der Waals surface area (Å²) in [5.74, 6) is -1.34. The highest BCUT2D eigenvalue weighted by molar-refractivity contribution is 7.89. The Hall–Kier alpha value is -2.62. The maximum atomic E-state index is 12.4. The molecule has 2 aromatic rings. The first-order valence-corrected chi connectivity index (χ1v) is 11.1. The zero-order valence-corrected chi connectivity index (χ0v) is 18.0. The number of aliphatic carboxylic acids is 1. The average Bonchev–Trinajstić information content (AvgIpc) is 2.71. The Kier molecular flexibility index (Phi) is 8.64. The minimum atomic E-state index is -3.62. The highest BCUT2D eigenvalue weighted by atomic mass is 35.5. The summed E-state index contributed by atoms with van der Waals surface area (Å²) in [6.07, 6.45) is -0.125. The quantitative estimate of drug-likeness (QED) is 0.414. The molecule has 0 aliphatic carbocycles. The lowest BCUT2D eigenvalue weighted by molar-refractivity contribution is -0.136. The van der Waals surface area contributed by atoms with Crippen LogP contribution >= 0.6 is 11.6 Å². The number of amides is 1. The first-order chi connectivity index (χ1) is 14.2. The molecule has 2 rings (SSSR count). The van der Waals surface area contributed by atoms with E-state index in [1.165, 1.54) is 24.3 Å². The third kappa shape index (κ3) is 7.66. The third-order valence-electron chi connectivity index (χ3n) is 4.30. The molecule has 0 radical (unpaired) electrons. The smallest absolute Gasteiger partial charge is 0.305 e. The number of carboxylic acid groups (broad SMARTS) is 1. The molecule has 0 aliphatic rings. The average molecular weight is 454 g/mol. The molecular formula is C20H24ClN3O5S. The lowest BCUT2D eigenvalue weighted by Crippen LogP contribution is -2.31. The fraction of sp³-hybridized carbons (Fsp3) is 0.300. The van der Waals surface area contributed by atoms with E-state index in [9.17, 15) is 18.0 Å². The van der Waals surface area contributed by atoms with Gasteiger partial charge in [-0.15, -0.1) is 0 Å². The predicted octanol–water partition coefficient (Wildman–Crippen LogP) is 2.42. The van der Waals surface area contributed by atoms with Gasteiger partial charge >= 0.3 is 5.97 Å². The summed E-state index contributed by atoms with van der Waals surface area (Å²) in [5.41, 5.74) is 1.66. The van der Waals surface area contributed by atoms with Gasteiger partial charge in [0.25, 0.3) is 0 Å². The van der Waals surface area contributed by atoms with E-state index in [-0.39, 0.29) is 42.8 Å². The van der Waals surface area contributed by atoms with Crippen LogP contribution in [0.2, 0.25) is 5.02 Å². The normalized spacial score (nSPS) is 12.2. The van der Waals surface area contributed by atoms with E-state index in [0.29, 0.717) is 5.02 Å². The Morgan fingerprint density at radius 3 is 2.30 bits per heavy atom. The van der Waals surface area contributed by atoms with E-state index in [0.717, 1.165) is 11.3 Å². The second kappa shape index (κ2) is 11.0. The summed E-state index contributed by atoms with van der Waals surface area (Å²) in [7, 11) is -3.62. The van der Waals surface area contributed by atoms with Crippen molar-refractivity contribution in [2.45, 2.75) is 24.2 Å². The molecular weight excluding hydrogens is 430 g/mol. The number of hydrogen-bond acceptors (Lipinski definition) is 5. The van der Waals surface area contributed by atoms with Crippen LogP contribution in [0.3, 0.4) is 0 Å². The van der Waals surface area contributed by atoms with E-state index in [2.05, 4.69) is 15.4 Å². The zero-order chi connectivity index (χ0) is 22.1. The second-order valence-electron chi connectivity index (χ2n) is 6.68. The monoisotopic (exact) mass is 453 g/mol. The summed E-state index contributed by atoms with van der Waals surface area (Å²) in [6.45, 7) is 2.24. The standard InChI is InChI=1S/C20H24ClN3O5S/c1-14(12-24-30(28,29)18-8-4-16(21)5-9-18)15-2-6-17(7-3-15)23-13-19(25)22-11-10-20(26)27/h2-9,14,23-24H,10-13H2,1H3,(H,22,25)(H,26,27). The van der Waals surface area contributed by atoms with Crippen LogP contribution < -0.4 is 15.4 Å². The summed E-state index contributed by atoms with van der Waals surface area (Å²) >= 11 is 5.79. The summed E-state index contributed by atoms with van der Waals surface area (Å²) in [4.78, 5) is 22.2. The molecule has 0 saturated heterocycles. The lowest BCUT2D eigenvalue weighted by atomic mass is 10.0. The van der Waals surface area contributed by atoms with Gasteiger partial charge < -0.3 is 15.7 Å². The fourth-order valence-electron chi connectivity index (χ4n) is 2.53. The van der Waals surface area contributed by atoms with Crippen molar-refractivity contribution in [1.29, 1.82) is 0 Å². The molecule has 4 N–H and O–H groups in total. The van der Waals surface area contributed by atoms with Crippen molar-refractivity contribution >= 4 is 39.2 Å². The van der Waals surface area contributed by atoms with Gasteiger partial charge in [-0.2, -0.15) is 0 Å². The number of halogens is 1. The van der Waals surface area contributed by atoms with Crippen molar-refractivity contribution in [2.75, 3.05) is 25.0 Å². The van der Waals surface area contributed by atoms with E-state index in [1.807, 2.05) is 19.1 Å². The highest BCUT2D eigenvalue weighted by Gasteiger charge is 2.16. The molecule has 30 heavy (non-hydrogen) atoms. The van der Waals surface area contributed by atoms with E-state index in [4.69, 9.17) is 16.7 Å². The van der Waals surface area contributed by atoms with Crippen LogP contribution in [-0.2, 0) is 19.6 Å². The first kappa shape index (κ1) is 23.7. The van der Waals surface area contributed by atoms with Crippen LogP contribution in [0.25, 0.3) is 0 Å². The SMILES string of the molecule is CC(CNS(=O)(=O)c1ccc(Cl)cc1)c1ccc(NCC(=O)NCCC(=O)O)cc1. The van der Waals surface area contributed by atoms with Gasteiger partial charge in [0.2, 0.25) is 15.9 Å². The zero-order valence-electron chi connectivity index (χ0n) is 16.4. The third-order valence-corrected chi connectivity index (χ3v) is 5.99.